The number of alkyl halides is 1. The van der Waals surface area contributed by atoms with E-state index in [1.165, 1.54) is 16.7 Å². The van der Waals surface area contributed by atoms with Gasteiger partial charge in [-0.3, -0.25) is 0 Å². The Kier molecular flexibility index (Phi) is 4.26. The van der Waals surface area contributed by atoms with Crippen molar-refractivity contribution in [1.82, 2.24) is 5.32 Å². The van der Waals surface area contributed by atoms with E-state index >= 15 is 0 Å². The van der Waals surface area contributed by atoms with E-state index in [-0.39, 0.29) is 0 Å². The maximum atomic E-state index is 5.53. The summed E-state index contributed by atoms with van der Waals surface area (Å²) in [5.41, 5.74) is 4.10. The van der Waals surface area contributed by atoms with Crippen molar-refractivity contribution in [2.75, 3.05) is 12.5 Å². The van der Waals surface area contributed by atoms with Crippen LogP contribution in [-0.4, -0.2) is 12.5 Å². The summed E-state index contributed by atoms with van der Waals surface area (Å²) in [6, 6.07) is 7.09. The molecule has 0 aromatic heterocycles. The highest BCUT2D eigenvalue weighted by Gasteiger charge is 1.97. The number of hydrogen-bond acceptors (Lipinski definition) is 1. The average molecular weight is 198 g/mol. The number of hydrogen-bond donors (Lipinski definition) is 1. The van der Waals surface area contributed by atoms with Gasteiger partial charge in [-0.05, 0) is 31.4 Å². The Morgan fingerprint density at radius 3 is 2.77 bits per heavy atom. The van der Waals surface area contributed by atoms with Gasteiger partial charge >= 0.3 is 0 Å². The third-order valence-electron chi connectivity index (χ3n) is 2.17. The summed E-state index contributed by atoms with van der Waals surface area (Å²) in [4.78, 5) is 0. The molecule has 0 unspecified atom stereocenters. The van der Waals surface area contributed by atoms with Gasteiger partial charge in [0, 0.05) is 6.54 Å². The van der Waals surface area contributed by atoms with E-state index in [1.54, 1.807) is 0 Å². The van der Waals surface area contributed by atoms with Crippen LogP contribution in [0.2, 0.25) is 0 Å². The predicted molar refractivity (Wildman–Crippen MR) is 58.3 cm³/mol. The van der Waals surface area contributed by atoms with Gasteiger partial charge < -0.3 is 5.32 Å². The zero-order chi connectivity index (χ0) is 9.68. The zero-order valence-corrected chi connectivity index (χ0v) is 8.99. The molecule has 1 N–H and O–H groups in total. The van der Waals surface area contributed by atoms with Crippen molar-refractivity contribution in [2.24, 2.45) is 0 Å². The van der Waals surface area contributed by atoms with Crippen molar-refractivity contribution in [3.8, 4) is 0 Å². The summed E-state index contributed by atoms with van der Waals surface area (Å²) >= 11 is 5.53. The maximum Gasteiger partial charge on any atom is 0.0713 e. The molecular formula is C11H16ClN. The lowest BCUT2D eigenvalue weighted by Crippen LogP contribution is -2.15. The molecule has 72 valence electrons. The molecule has 0 amide bonds. The Morgan fingerprint density at radius 1 is 1.31 bits per heavy atom. The topological polar surface area (TPSA) is 12.0 Å². The molecule has 0 fully saturated rings. The lowest BCUT2D eigenvalue weighted by molar-refractivity contribution is 0.767. The van der Waals surface area contributed by atoms with Gasteiger partial charge in [-0.2, -0.15) is 0 Å². The second-order valence-corrected chi connectivity index (χ2v) is 3.58. The zero-order valence-electron chi connectivity index (χ0n) is 8.23. The third-order valence-corrected chi connectivity index (χ3v) is 2.36. The highest BCUT2D eigenvalue weighted by molar-refractivity contribution is 6.17. The molecule has 1 aromatic carbocycles. The molecule has 0 aliphatic carbocycles. The molecule has 2 heteroatoms. The molecule has 0 aliphatic rings. The van der Waals surface area contributed by atoms with Crippen molar-refractivity contribution >= 4 is 11.6 Å². The summed E-state index contributed by atoms with van der Waals surface area (Å²) in [6.45, 7) is 5.22. The number of rotatable bonds is 4. The molecule has 1 nitrogen and oxygen atoms in total. The van der Waals surface area contributed by atoms with E-state index in [2.05, 4.69) is 37.4 Å². The van der Waals surface area contributed by atoms with Crippen molar-refractivity contribution in [3.63, 3.8) is 0 Å². The molecule has 0 aliphatic heterocycles. The summed E-state index contributed by atoms with van der Waals surface area (Å²) in [5.74, 6) is 0. The van der Waals surface area contributed by atoms with Crippen LogP contribution >= 0.6 is 11.6 Å². The Bertz CT molecular complexity index is 271. The van der Waals surface area contributed by atoms with Crippen LogP contribution in [0, 0.1) is 13.8 Å². The van der Waals surface area contributed by atoms with E-state index in [0.29, 0.717) is 6.00 Å². The first-order valence-electron chi connectivity index (χ1n) is 4.57. The van der Waals surface area contributed by atoms with Crippen LogP contribution in [0.3, 0.4) is 0 Å². The molecule has 1 rings (SSSR count). The molecular weight excluding hydrogens is 182 g/mol. The lowest BCUT2D eigenvalue weighted by Gasteiger charge is -2.06. The monoisotopic (exact) mass is 197 g/mol. The van der Waals surface area contributed by atoms with E-state index in [4.69, 9.17) is 11.6 Å². The SMILES string of the molecule is Cc1ccc(C)c(CCNCCl)c1. The first kappa shape index (κ1) is 10.6. The van der Waals surface area contributed by atoms with E-state index < -0.39 is 0 Å². The Labute approximate surface area is 85.1 Å². The second-order valence-electron chi connectivity index (χ2n) is 3.31. The van der Waals surface area contributed by atoms with Crippen LogP contribution < -0.4 is 5.32 Å². The lowest BCUT2D eigenvalue weighted by atomic mass is 10.0. The van der Waals surface area contributed by atoms with E-state index in [1.807, 2.05) is 0 Å². The van der Waals surface area contributed by atoms with Crippen molar-refractivity contribution in [1.29, 1.82) is 0 Å². The van der Waals surface area contributed by atoms with E-state index in [0.717, 1.165) is 13.0 Å². The largest absolute Gasteiger partial charge is 0.304 e. The minimum Gasteiger partial charge on any atom is -0.304 e. The van der Waals surface area contributed by atoms with Crippen molar-refractivity contribution in [2.45, 2.75) is 20.3 Å². The molecule has 0 saturated heterocycles. The quantitative estimate of drug-likeness (QED) is 0.445. The highest BCUT2D eigenvalue weighted by atomic mass is 35.5. The first-order valence-corrected chi connectivity index (χ1v) is 5.10. The number of aryl methyl sites for hydroxylation is 2. The van der Waals surface area contributed by atoms with Gasteiger partial charge in [0.05, 0.1) is 6.00 Å². The van der Waals surface area contributed by atoms with Crippen LogP contribution in [0.5, 0.6) is 0 Å². The summed E-state index contributed by atoms with van der Waals surface area (Å²) in [5, 5.41) is 3.11. The smallest absolute Gasteiger partial charge is 0.0713 e. The number of benzene rings is 1. The molecule has 0 bridgehead atoms. The predicted octanol–water partition coefficient (Wildman–Crippen LogP) is 2.63. The van der Waals surface area contributed by atoms with E-state index in [9.17, 15) is 0 Å². The highest BCUT2D eigenvalue weighted by Crippen LogP contribution is 2.10. The minimum absolute atomic E-state index is 0.533. The van der Waals surface area contributed by atoms with Crippen LogP contribution in [-0.2, 0) is 6.42 Å². The summed E-state index contributed by atoms with van der Waals surface area (Å²) in [6.07, 6.45) is 1.06. The fraction of sp³-hybridized carbons (Fsp3) is 0.455. The molecule has 13 heavy (non-hydrogen) atoms. The number of nitrogens with one attached hydrogen (secondary N) is 1. The van der Waals surface area contributed by atoms with Gasteiger partial charge in [0.2, 0.25) is 0 Å². The summed E-state index contributed by atoms with van der Waals surface area (Å²) in [7, 11) is 0. The molecule has 0 saturated carbocycles. The van der Waals surface area contributed by atoms with Crippen LogP contribution in [0.4, 0.5) is 0 Å². The third kappa shape index (κ3) is 3.37. The Hall–Kier alpha value is -0.530. The van der Waals surface area contributed by atoms with Crippen molar-refractivity contribution < 1.29 is 0 Å². The maximum absolute atomic E-state index is 5.53. The average Bonchev–Trinajstić information content (AvgIpc) is 2.11. The van der Waals surface area contributed by atoms with Gasteiger partial charge in [0.1, 0.15) is 0 Å². The minimum atomic E-state index is 0.533. The molecule has 0 radical (unpaired) electrons. The summed E-state index contributed by atoms with van der Waals surface area (Å²) < 4.78 is 0. The van der Waals surface area contributed by atoms with Crippen LogP contribution in [0.25, 0.3) is 0 Å². The molecule has 0 heterocycles. The molecule has 1 aromatic rings. The Morgan fingerprint density at radius 2 is 2.08 bits per heavy atom. The number of halogens is 1. The molecule has 0 atom stereocenters. The Balaban J connectivity index is 2.59. The van der Waals surface area contributed by atoms with Gasteiger partial charge in [-0.25, -0.2) is 0 Å². The van der Waals surface area contributed by atoms with Gasteiger partial charge in [0.25, 0.3) is 0 Å². The van der Waals surface area contributed by atoms with Crippen LogP contribution in [0.15, 0.2) is 18.2 Å². The fourth-order valence-corrected chi connectivity index (χ4v) is 1.49. The normalized spacial score (nSPS) is 10.4. The fourth-order valence-electron chi connectivity index (χ4n) is 1.36. The first-order chi connectivity index (χ1) is 6.24. The van der Waals surface area contributed by atoms with Gasteiger partial charge in [-0.15, -0.1) is 11.6 Å². The standard InChI is InChI=1S/C11H16ClN/c1-9-3-4-10(2)11(7-9)5-6-13-8-12/h3-4,7,13H,5-6,8H2,1-2H3. The van der Waals surface area contributed by atoms with Crippen molar-refractivity contribution in [3.05, 3.63) is 34.9 Å². The second kappa shape index (κ2) is 5.25. The van der Waals surface area contributed by atoms with Gasteiger partial charge in [0.15, 0.2) is 0 Å². The van der Waals surface area contributed by atoms with Crippen LogP contribution in [0.1, 0.15) is 16.7 Å². The van der Waals surface area contributed by atoms with Gasteiger partial charge in [-0.1, -0.05) is 23.8 Å². The molecule has 0 spiro atoms.